The monoisotopic (exact) mass is 358 g/mol. The summed E-state index contributed by atoms with van der Waals surface area (Å²) >= 11 is 3.23. The van der Waals surface area contributed by atoms with Crippen LogP contribution in [0.4, 0.5) is 18.9 Å². The first-order valence-electron chi connectivity index (χ1n) is 5.82. The molecule has 0 aliphatic heterocycles. The molecule has 0 atom stereocenters. The zero-order valence-electron chi connectivity index (χ0n) is 10.5. The van der Waals surface area contributed by atoms with Gasteiger partial charge in [-0.05, 0) is 30.3 Å². The summed E-state index contributed by atoms with van der Waals surface area (Å²) in [6.45, 7) is 0. The lowest BCUT2D eigenvalue weighted by molar-refractivity contribution is -0.136. The molecule has 0 aliphatic carbocycles. The Balaban J connectivity index is 2.21. The fourth-order valence-corrected chi connectivity index (χ4v) is 2.01. The predicted molar refractivity (Wildman–Crippen MR) is 78.5 cm³/mol. The second kappa shape index (κ2) is 6.17. The van der Waals surface area contributed by atoms with Gasteiger partial charge in [-0.15, -0.1) is 0 Å². The van der Waals surface area contributed by atoms with E-state index < -0.39 is 11.7 Å². The molecule has 2 aromatic carbocycles. The molecule has 0 heterocycles. The van der Waals surface area contributed by atoms with Gasteiger partial charge < -0.3 is 5.11 Å². The molecule has 21 heavy (non-hydrogen) atoms. The topological polar surface area (TPSA) is 44.6 Å². The molecule has 7 heteroatoms. The summed E-state index contributed by atoms with van der Waals surface area (Å²) < 4.78 is 39.1. The van der Waals surface area contributed by atoms with E-state index in [0.29, 0.717) is 5.56 Å². The molecular weight excluding hydrogens is 349 g/mol. The molecule has 0 saturated heterocycles. The molecule has 0 spiro atoms. The highest BCUT2D eigenvalue weighted by Crippen LogP contribution is 2.34. The van der Waals surface area contributed by atoms with Gasteiger partial charge in [-0.1, -0.05) is 28.1 Å². The Morgan fingerprint density at radius 1 is 1.14 bits per heavy atom. The maximum Gasteiger partial charge on any atom is 0.418 e. The average Bonchev–Trinajstić information content (AvgIpc) is 2.42. The molecule has 2 aromatic rings. The van der Waals surface area contributed by atoms with Crippen LogP contribution in [-0.2, 0) is 6.18 Å². The Labute approximate surface area is 127 Å². The highest BCUT2D eigenvalue weighted by molar-refractivity contribution is 9.10. The van der Waals surface area contributed by atoms with Gasteiger partial charge in [0.05, 0.1) is 17.5 Å². The smallest absolute Gasteiger partial charge is 0.418 e. The van der Waals surface area contributed by atoms with Gasteiger partial charge in [0.15, 0.2) is 0 Å². The quantitative estimate of drug-likeness (QED) is 0.621. The van der Waals surface area contributed by atoms with Gasteiger partial charge in [0, 0.05) is 10.0 Å². The van der Waals surface area contributed by atoms with Crippen LogP contribution in [0.2, 0.25) is 0 Å². The second-order valence-electron chi connectivity index (χ2n) is 4.12. The van der Waals surface area contributed by atoms with E-state index in [2.05, 4.69) is 26.5 Å². The van der Waals surface area contributed by atoms with Gasteiger partial charge in [-0.3, -0.25) is 5.43 Å². The van der Waals surface area contributed by atoms with E-state index in [9.17, 15) is 18.3 Å². The highest BCUT2D eigenvalue weighted by Gasteiger charge is 2.33. The van der Waals surface area contributed by atoms with E-state index in [1.807, 2.05) is 0 Å². The number of halogens is 4. The molecule has 0 unspecified atom stereocenters. The summed E-state index contributed by atoms with van der Waals surface area (Å²) in [5, 5.41) is 13.3. The third-order valence-corrected chi connectivity index (χ3v) is 3.10. The van der Waals surface area contributed by atoms with E-state index >= 15 is 0 Å². The molecule has 0 aliphatic rings. The van der Waals surface area contributed by atoms with Crippen molar-refractivity contribution in [3.05, 3.63) is 58.1 Å². The number of anilines is 1. The Bertz CT molecular complexity index is 672. The normalized spacial score (nSPS) is 11.8. The van der Waals surface area contributed by atoms with Crippen LogP contribution in [0.15, 0.2) is 52.0 Å². The summed E-state index contributed by atoms with van der Waals surface area (Å²) in [7, 11) is 0. The van der Waals surface area contributed by atoms with Gasteiger partial charge in [-0.25, -0.2) is 0 Å². The number of nitrogens with zero attached hydrogens (tertiary/aromatic N) is 1. The number of phenols is 1. The molecule has 0 radical (unpaired) electrons. The lowest BCUT2D eigenvalue weighted by Gasteiger charge is -2.11. The zero-order chi connectivity index (χ0) is 15.5. The summed E-state index contributed by atoms with van der Waals surface area (Å²) in [6.07, 6.45) is -3.22. The van der Waals surface area contributed by atoms with Crippen LogP contribution in [0.5, 0.6) is 5.75 Å². The first-order chi connectivity index (χ1) is 9.88. The lowest BCUT2D eigenvalue weighted by atomic mass is 10.2. The van der Waals surface area contributed by atoms with E-state index in [0.717, 1.165) is 10.5 Å². The highest BCUT2D eigenvalue weighted by atomic mass is 79.9. The van der Waals surface area contributed by atoms with Crippen LogP contribution in [0, 0.1) is 0 Å². The van der Waals surface area contributed by atoms with Crippen molar-refractivity contribution in [2.75, 3.05) is 5.43 Å². The lowest BCUT2D eigenvalue weighted by Crippen LogP contribution is -2.08. The molecule has 2 rings (SSSR count). The largest absolute Gasteiger partial charge is 0.507 e. The van der Waals surface area contributed by atoms with E-state index in [1.165, 1.54) is 30.5 Å². The van der Waals surface area contributed by atoms with Crippen molar-refractivity contribution < 1.29 is 18.3 Å². The predicted octanol–water partition coefficient (Wildman–Crippen LogP) is 4.62. The van der Waals surface area contributed by atoms with Crippen molar-refractivity contribution >= 4 is 27.8 Å². The Kier molecular flexibility index (Phi) is 4.52. The number of alkyl halides is 3. The summed E-state index contributed by atoms with van der Waals surface area (Å²) in [5.74, 6) is -0.0205. The van der Waals surface area contributed by atoms with E-state index in [1.54, 1.807) is 12.1 Å². The summed E-state index contributed by atoms with van der Waals surface area (Å²) in [6, 6.07) is 9.71. The maximum absolute atomic E-state index is 12.8. The third-order valence-electron chi connectivity index (χ3n) is 2.61. The number of hydrogen-bond acceptors (Lipinski definition) is 3. The number of hydrazone groups is 1. The van der Waals surface area contributed by atoms with Crippen molar-refractivity contribution in [2.45, 2.75) is 6.18 Å². The minimum Gasteiger partial charge on any atom is -0.507 e. The first kappa shape index (κ1) is 15.4. The zero-order valence-corrected chi connectivity index (χ0v) is 12.1. The number of hydrogen-bond donors (Lipinski definition) is 2. The molecular formula is C14H10BrF3N2O. The Morgan fingerprint density at radius 2 is 1.86 bits per heavy atom. The SMILES string of the molecule is Oc1ccc(Br)cc1/C=N/Nc1ccccc1C(F)(F)F. The molecule has 3 nitrogen and oxygen atoms in total. The van der Waals surface area contributed by atoms with E-state index in [4.69, 9.17) is 0 Å². The maximum atomic E-state index is 12.8. The Hall–Kier alpha value is -2.02. The van der Waals surface area contributed by atoms with Crippen molar-refractivity contribution in [3.63, 3.8) is 0 Å². The molecule has 2 N–H and O–H groups in total. The fraction of sp³-hybridized carbons (Fsp3) is 0.0714. The van der Waals surface area contributed by atoms with Gasteiger partial charge >= 0.3 is 6.18 Å². The number of para-hydroxylation sites is 1. The average molecular weight is 359 g/mol. The Morgan fingerprint density at radius 3 is 2.57 bits per heavy atom. The van der Waals surface area contributed by atoms with Crippen LogP contribution in [0.3, 0.4) is 0 Å². The minimum atomic E-state index is -4.46. The van der Waals surface area contributed by atoms with Gasteiger partial charge in [-0.2, -0.15) is 18.3 Å². The van der Waals surface area contributed by atoms with Crippen molar-refractivity contribution in [3.8, 4) is 5.75 Å². The van der Waals surface area contributed by atoms with Crippen LogP contribution in [0.25, 0.3) is 0 Å². The van der Waals surface area contributed by atoms with Gasteiger partial charge in [0.1, 0.15) is 5.75 Å². The standard InChI is InChI=1S/C14H10BrF3N2O/c15-10-5-6-13(21)9(7-10)8-19-20-12-4-2-1-3-11(12)14(16,17)18/h1-8,20-21H/b19-8+. The van der Waals surface area contributed by atoms with Crippen molar-refractivity contribution in [1.29, 1.82) is 0 Å². The van der Waals surface area contributed by atoms with Crippen LogP contribution < -0.4 is 5.43 Å². The molecule has 0 amide bonds. The van der Waals surface area contributed by atoms with Crippen LogP contribution in [0.1, 0.15) is 11.1 Å². The second-order valence-corrected chi connectivity index (χ2v) is 5.03. The fourth-order valence-electron chi connectivity index (χ4n) is 1.63. The first-order valence-corrected chi connectivity index (χ1v) is 6.61. The van der Waals surface area contributed by atoms with Gasteiger partial charge in [0.2, 0.25) is 0 Å². The molecule has 0 saturated carbocycles. The number of nitrogens with one attached hydrogen (secondary N) is 1. The summed E-state index contributed by atoms with van der Waals surface area (Å²) in [4.78, 5) is 0. The van der Waals surface area contributed by atoms with Gasteiger partial charge in [0.25, 0.3) is 0 Å². The number of phenolic OH excluding ortho intramolecular Hbond substituents is 1. The van der Waals surface area contributed by atoms with Crippen molar-refractivity contribution in [2.24, 2.45) is 5.10 Å². The molecule has 0 bridgehead atoms. The summed E-state index contributed by atoms with van der Waals surface area (Å²) in [5.41, 5.74) is 1.75. The number of aromatic hydroxyl groups is 1. The minimum absolute atomic E-state index is 0.0205. The number of rotatable bonds is 3. The molecule has 0 aromatic heterocycles. The van der Waals surface area contributed by atoms with Crippen molar-refractivity contribution in [1.82, 2.24) is 0 Å². The molecule has 0 fully saturated rings. The van der Waals surface area contributed by atoms with Crippen LogP contribution >= 0.6 is 15.9 Å². The van der Waals surface area contributed by atoms with E-state index in [-0.39, 0.29) is 11.4 Å². The number of benzene rings is 2. The third kappa shape index (κ3) is 3.98. The molecule has 110 valence electrons. The van der Waals surface area contributed by atoms with Crippen LogP contribution in [-0.4, -0.2) is 11.3 Å².